The van der Waals surface area contributed by atoms with Gasteiger partial charge in [-0.25, -0.2) is 0 Å². The topological polar surface area (TPSA) is 62.4 Å². The third kappa shape index (κ3) is 2.42. The summed E-state index contributed by atoms with van der Waals surface area (Å²) in [6.45, 7) is 6.18. The third-order valence-electron chi connectivity index (χ3n) is 5.69. The molecule has 2 aromatic rings. The molecule has 4 heterocycles. The number of hydrogen-bond donors (Lipinski definition) is 2. The van der Waals surface area contributed by atoms with E-state index in [0.717, 1.165) is 36.0 Å². The van der Waals surface area contributed by atoms with Crippen molar-refractivity contribution >= 4 is 10.9 Å². The molecule has 4 heteroatoms. The number of pyridine rings is 1. The molecule has 3 aliphatic heterocycles. The Balaban J connectivity index is 1.69. The van der Waals surface area contributed by atoms with Gasteiger partial charge in [0.05, 0.1) is 5.52 Å². The van der Waals surface area contributed by atoms with E-state index in [4.69, 9.17) is 5.73 Å². The maximum Gasteiger partial charge on any atom is 0.116 e. The van der Waals surface area contributed by atoms with Gasteiger partial charge in [-0.3, -0.25) is 9.88 Å². The van der Waals surface area contributed by atoms with Crippen molar-refractivity contribution in [2.45, 2.75) is 24.9 Å². The molecule has 120 valence electrons. The first-order valence-electron chi connectivity index (χ1n) is 8.37. The lowest BCUT2D eigenvalue weighted by molar-refractivity contribution is 0.00749. The molecular weight excluding hydrogens is 286 g/mol. The molecule has 3 saturated heterocycles. The van der Waals surface area contributed by atoms with Crippen LogP contribution in [0.2, 0.25) is 0 Å². The van der Waals surface area contributed by atoms with Gasteiger partial charge in [0, 0.05) is 30.2 Å². The van der Waals surface area contributed by atoms with Gasteiger partial charge in [0.25, 0.3) is 0 Å². The van der Waals surface area contributed by atoms with Crippen LogP contribution >= 0.6 is 0 Å². The normalized spacial score (nSPS) is 31.2. The van der Waals surface area contributed by atoms with Gasteiger partial charge in [-0.05, 0) is 61.1 Å². The van der Waals surface area contributed by atoms with E-state index in [-0.39, 0.29) is 11.8 Å². The molecule has 0 amide bonds. The minimum Gasteiger partial charge on any atom is -0.508 e. The summed E-state index contributed by atoms with van der Waals surface area (Å²) >= 11 is 0. The van der Waals surface area contributed by atoms with E-state index in [0.29, 0.717) is 17.9 Å². The molecule has 0 radical (unpaired) electrons. The predicted molar refractivity (Wildman–Crippen MR) is 92.1 cm³/mol. The fraction of sp³-hybridized carbons (Fsp3) is 0.421. The van der Waals surface area contributed by atoms with E-state index in [9.17, 15) is 5.11 Å². The number of phenolic OH excluding ortho intramolecular Hbond substituents is 1. The number of rotatable bonds is 3. The Labute approximate surface area is 136 Å². The highest BCUT2D eigenvalue weighted by Gasteiger charge is 2.41. The van der Waals surface area contributed by atoms with Crippen LogP contribution in [0.25, 0.3) is 10.9 Å². The highest BCUT2D eigenvalue weighted by Crippen LogP contribution is 2.41. The lowest BCUT2D eigenvalue weighted by Crippen LogP contribution is -2.56. The second-order valence-corrected chi connectivity index (χ2v) is 6.87. The number of phenols is 1. The van der Waals surface area contributed by atoms with Gasteiger partial charge in [-0.2, -0.15) is 0 Å². The summed E-state index contributed by atoms with van der Waals surface area (Å²) in [4.78, 5) is 6.91. The van der Waals surface area contributed by atoms with Crippen LogP contribution in [0, 0.1) is 11.8 Å². The third-order valence-corrected chi connectivity index (χ3v) is 5.69. The second kappa shape index (κ2) is 5.62. The van der Waals surface area contributed by atoms with Gasteiger partial charge < -0.3 is 10.8 Å². The molecule has 3 unspecified atom stereocenters. The summed E-state index contributed by atoms with van der Waals surface area (Å²) < 4.78 is 0. The average Bonchev–Trinajstić information content (AvgIpc) is 2.60. The summed E-state index contributed by atoms with van der Waals surface area (Å²) in [6, 6.07) is 7.60. The van der Waals surface area contributed by atoms with Crippen LogP contribution in [0.15, 0.2) is 43.1 Å². The molecule has 3 aliphatic rings. The highest BCUT2D eigenvalue weighted by molar-refractivity contribution is 5.83. The van der Waals surface area contributed by atoms with Gasteiger partial charge in [0.1, 0.15) is 5.75 Å². The van der Waals surface area contributed by atoms with Crippen LogP contribution in [0.5, 0.6) is 5.75 Å². The van der Waals surface area contributed by atoms with E-state index in [1.165, 1.54) is 6.42 Å². The van der Waals surface area contributed by atoms with Crippen molar-refractivity contribution in [3.63, 3.8) is 0 Å². The number of piperidine rings is 3. The van der Waals surface area contributed by atoms with Crippen LogP contribution in [-0.4, -0.2) is 34.1 Å². The molecule has 5 atom stereocenters. The quantitative estimate of drug-likeness (QED) is 0.856. The number of hydrogen-bond acceptors (Lipinski definition) is 4. The van der Waals surface area contributed by atoms with Crippen LogP contribution in [0.3, 0.4) is 0 Å². The number of benzene rings is 1. The minimum atomic E-state index is -0.0594. The smallest absolute Gasteiger partial charge is 0.116 e. The summed E-state index contributed by atoms with van der Waals surface area (Å²) in [5.74, 6) is 1.57. The standard InChI is InChI=1S/C19H23N3O/c1-2-12-11-22-8-6-13(12)9-18(22)19(20)15-5-7-21-17-4-3-14(23)10-16(15)17/h2-5,7,10,12-13,18-19,23H,1,6,8-9,11,20H2/t12?,13?,18-,19-/m0/s1. The zero-order chi connectivity index (χ0) is 16.0. The fourth-order valence-electron chi connectivity index (χ4n) is 4.40. The molecule has 1 aromatic heterocycles. The van der Waals surface area contributed by atoms with Crippen molar-refractivity contribution in [2.24, 2.45) is 17.6 Å². The molecule has 0 spiro atoms. The molecule has 3 fully saturated rings. The Bertz CT molecular complexity index is 744. The largest absolute Gasteiger partial charge is 0.508 e. The Kier molecular flexibility index (Phi) is 3.58. The molecular formula is C19H23N3O. The number of fused-ring (bicyclic) bond motifs is 4. The molecule has 4 nitrogen and oxygen atoms in total. The Morgan fingerprint density at radius 2 is 2.26 bits per heavy atom. The van der Waals surface area contributed by atoms with Gasteiger partial charge in [0.15, 0.2) is 0 Å². The maximum atomic E-state index is 9.83. The Morgan fingerprint density at radius 3 is 3.00 bits per heavy atom. The van der Waals surface area contributed by atoms with Crippen molar-refractivity contribution in [2.75, 3.05) is 13.1 Å². The number of nitrogens with two attached hydrogens (primary N) is 1. The summed E-state index contributed by atoms with van der Waals surface area (Å²) in [5, 5.41) is 10.8. The van der Waals surface area contributed by atoms with Crippen LogP contribution in [0.1, 0.15) is 24.4 Å². The van der Waals surface area contributed by atoms with Crippen molar-refractivity contribution in [3.05, 3.63) is 48.7 Å². The first-order valence-corrected chi connectivity index (χ1v) is 8.37. The Morgan fingerprint density at radius 1 is 1.39 bits per heavy atom. The zero-order valence-electron chi connectivity index (χ0n) is 13.2. The van der Waals surface area contributed by atoms with Crippen molar-refractivity contribution in [1.29, 1.82) is 0 Å². The van der Waals surface area contributed by atoms with Crippen molar-refractivity contribution in [1.82, 2.24) is 9.88 Å². The van der Waals surface area contributed by atoms with Crippen molar-refractivity contribution in [3.8, 4) is 5.75 Å². The lowest BCUT2D eigenvalue weighted by Gasteiger charge is -2.51. The minimum absolute atomic E-state index is 0.0594. The molecule has 3 N–H and O–H groups in total. The van der Waals surface area contributed by atoms with E-state index in [1.807, 2.05) is 18.3 Å². The first-order chi connectivity index (χ1) is 11.2. The van der Waals surface area contributed by atoms with E-state index >= 15 is 0 Å². The van der Waals surface area contributed by atoms with Crippen LogP contribution in [0.4, 0.5) is 0 Å². The van der Waals surface area contributed by atoms with Gasteiger partial charge >= 0.3 is 0 Å². The van der Waals surface area contributed by atoms with E-state index in [2.05, 4.69) is 22.5 Å². The van der Waals surface area contributed by atoms with E-state index in [1.54, 1.807) is 12.1 Å². The van der Waals surface area contributed by atoms with Gasteiger partial charge in [0.2, 0.25) is 0 Å². The monoisotopic (exact) mass is 309 g/mol. The molecule has 0 saturated carbocycles. The highest BCUT2D eigenvalue weighted by atomic mass is 16.3. The van der Waals surface area contributed by atoms with Crippen LogP contribution in [-0.2, 0) is 0 Å². The maximum absolute atomic E-state index is 9.83. The molecule has 23 heavy (non-hydrogen) atoms. The lowest BCUT2D eigenvalue weighted by atomic mass is 9.73. The summed E-state index contributed by atoms with van der Waals surface area (Å²) in [7, 11) is 0. The molecule has 2 bridgehead atoms. The second-order valence-electron chi connectivity index (χ2n) is 6.87. The zero-order valence-corrected chi connectivity index (χ0v) is 13.2. The van der Waals surface area contributed by atoms with E-state index < -0.39 is 0 Å². The number of aromatic nitrogens is 1. The average molecular weight is 309 g/mol. The fourth-order valence-corrected chi connectivity index (χ4v) is 4.40. The summed E-state index contributed by atoms with van der Waals surface area (Å²) in [6.07, 6.45) is 6.30. The first kappa shape index (κ1) is 14.7. The SMILES string of the molecule is C=CC1CN2CCC1C[C@H]2[C@@H](N)c1ccnc2ccc(O)cc12. The molecule has 0 aliphatic carbocycles. The Hall–Kier alpha value is -1.91. The summed E-state index contributed by atoms with van der Waals surface area (Å²) in [5.41, 5.74) is 8.65. The number of aromatic hydroxyl groups is 1. The van der Waals surface area contributed by atoms with Gasteiger partial charge in [-0.15, -0.1) is 6.58 Å². The molecule has 1 aromatic carbocycles. The molecule has 5 rings (SSSR count). The van der Waals surface area contributed by atoms with Crippen molar-refractivity contribution < 1.29 is 5.11 Å². The van der Waals surface area contributed by atoms with Crippen LogP contribution < -0.4 is 5.73 Å². The van der Waals surface area contributed by atoms with Gasteiger partial charge in [-0.1, -0.05) is 6.08 Å². The predicted octanol–water partition coefficient (Wildman–Crippen LogP) is 2.84. The number of nitrogens with zero attached hydrogens (tertiary/aromatic N) is 2.